The van der Waals surface area contributed by atoms with E-state index in [0.29, 0.717) is 16.7 Å². The number of imide groups is 1. The van der Waals surface area contributed by atoms with Crippen molar-refractivity contribution in [3.63, 3.8) is 0 Å². The van der Waals surface area contributed by atoms with Gasteiger partial charge >= 0.3 is 0 Å². The molecule has 1 heterocycles. The van der Waals surface area contributed by atoms with Crippen LogP contribution in [0.4, 0.5) is 4.39 Å². The molecule has 4 rings (SSSR count). The van der Waals surface area contributed by atoms with E-state index < -0.39 is 11.9 Å². The number of hydrogen-bond acceptors (Lipinski definition) is 4. The first kappa shape index (κ1) is 27.7. The Hall–Kier alpha value is -4.33. The Kier molecular flexibility index (Phi) is 8.86. The van der Waals surface area contributed by atoms with Crippen LogP contribution in [0.25, 0.3) is 0 Å². The second kappa shape index (κ2) is 12.5. The van der Waals surface area contributed by atoms with Gasteiger partial charge in [-0.2, -0.15) is 0 Å². The Morgan fingerprint density at radius 1 is 0.872 bits per heavy atom. The number of nitrogens with one attached hydrogen (secondary N) is 1. The average Bonchev–Trinajstić information content (AvgIpc) is 3.16. The molecule has 1 N–H and O–H groups in total. The van der Waals surface area contributed by atoms with Crippen molar-refractivity contribution in [1.82, 2.24) is 15.1 Å². The van der Waals surface area contributed by atoms with Gasteiger partial charge in [-0.15, -0.1) is 0 Å². The van der Waals surface area contributed by atoms with E-state index in [2.05, 4.69) is 5.32 Å². The largest absolute Gasteiger partial charge is 0.352 e. The van der Waals surface area contributed by atoms with Crippen LogP contribution < -0.4 is 5.32 Å². The van der Waals surface area contributed by atoms with Crippen molar-refractivity contribution in [2.24, 2.45) is 0 Å². The van der Waals surface area contributed by atoms with Crippen molar-refractivity contribution in [2.75, 3.05) is 6.54 Å². The molecule has 0 aliphatic carbocycles. The van der Waals surface area contributed by atoms with Crippen molar-refractivity contribution >= 4 is 23.6 Å². The van der Waals surface area contributed by atoms with Gasteiger partial charge in [-0.25, -0.2) is 4.39 Å². The normalized spacial score (nSPS) is 13.4. The summed E-state index contributed by atoms with van der Waals surface area (Å²) in [6, 6.07) is 21.1. The zero-order chi connectivity index (χ0) is 27.9. The van der Waals surface area contributed by atoms with E-state index in [1.807, 2.05) is 44.2 Å². The lowest BCUT2D eigenvalue weighted by atomic mass is 10.0. The lowest BCUT2D eigenvalue weighted by molar-refractivity contribution is -0.141. The molecule has 7 nitrogen and oxygen atoms in total. The van der Waals surface area contributed by atoms with E-state index >= 15 is 0 Å². The van der Waals surface area contributed by atoms with Crippen molar-refractivity contribution in [3.8, 4) is 0 Å². The van der Waals surface area contributed by atoms with Crippen LogP contribution in [0.1, 0.15) is 58.5 Å². The van der Waals surface area contributed by atoms with Gasteiger partial charge in [0.1, 0.15) is 11.9 Å². The summed E-state index contributed by atoms with van der Waals surface area (Å²) in [5, 5.41) is 2.90. The molecule has 3 aromatic rings. The molecule has 0 bridgehead atoms. The first-order valence-corrected chi connectivity index (χ1v) is 13.1. The van der Waals surface area contributed by atoms with Crippen LogP contribution in [-0.2, 0) is 22.6 Å². The summed E-state index contributed by atoms with van der Waals surface area (Å²) in [7, 11) is 0. The molecule has 4 amide bonds. The zero-order valence-electron chi connectivity index (χ0n) is 22.1. The summed E-state index contributed by atoms with van der Waals surface area (Å²) in [6.07, 6.45) is 0.433. The maximum Gasteiger partial charge on any atom is 0.261 e. The van der Waals surface area contributed by atoms with E-state index in [-0.39, 0.29) is 62.0 Å². The van der Waals surface area contributed by atoms with Gasteiger partial charge in [0.05, 0.1) is 11.1 Å². The van der Waals surface area contributed by atoms with Crippen LogP contribution in [0.15, 0.2) is 78.9 Å². The molecule has 1 unspecified atom stereocenters. The number of amides is 4. The first-order valence-electron chi connectivity index (χ1n) is 13.1. The van der Waals surface area contributed by atoms with Crippen LogP contribution in [0, 0.1) is 5.82 Å². The highest BCUT2D eigenvalue weighted by Gasteiger charge is 2.35. The van der Waals surface area contributed by atoms with E-state index in [1.165, 1.54) is 11.0 Å². The van der Waals surface area contributed by atoms with Gasteiger partial charge in [-0.3, -0.25) is 24.1 Å². The molecule has 1 aliphatic heterocycles. The maximum atomic E-state index is 14.7. The van der Waals surface area contributed by atoms with Gasteiger partial charge in [-0.05, 0) is 44.0 Å². The predicted molar refractivity (Wildman–Crippen MR) is 145 cm³/mol. The minimum Gasteiger partial charge on any atom is -0.352 e. The quantitative estimate of drug-likeness (QED) is 0.374. The lowest BCUT2D eigenvalue weighted by Crippen LogP contribution is -2.52. The molecule has 0 spiro atoms. The summed E-state index contributed by atoms with van der Waals surface area (Å²) in [5.41, 5.74) is 1.85. The van der Waals surface area contributed by atoms with Crippen molar-refractivity contribution in [2.45, 2.75) is 51.7 Å². The number of benzene rings is 3. The van der Waals surface area contributed by atoms with E-state index in [0.717, 1.165) is 10.5 Å². The third-order valence-corrected chi connectivity index (χ3v) is 6.65. The molecule has 39 heavy (non-hydrogen) atoms. The van der Waals surface area contributed by atoms with Crippen LogP contribution in [0.5, 0.6) is 0 Å². The molecule has 1 aliphatic rings. The summed E-state index contributed by atoms with van der Waals surface area (Å²) < 4.78 is 14.7. The summed E-state index contributed by atoms with van der Waals surface area (Å²) in [6.45, 7) is 3.64. The van der Waals surface area contributed by atoms with Gasteiger partial charge in [0.2, 0.25) is 11.8 Å². The molecule has 8 heteroatoms. The molecule has 3 aromatic carbocycles. The van der Waals surface area contributed by atoms with Crippen LogP contribution in [0.3, 0.4) is 0 Å². The summed E-state index contributed by atoms with van der Waals surface area (Å²) in [4.78, 5) is 55.0. The predicted octanol–water partition coefficient (Wildman–Crippen LogP) is 4.37. The number of fused-ring (bicyclic) bond motifs is 1. The Labute approximate surface area is 227 Å². The highest BCUT2D eigenvalue weighted by atomic mass is 19.1. The van der Waals surface area contributed by atoms with Crippen LogP contribution in [0.2, 0.25) is 0 Å². The van der Waals surface area contributed by atoms with E-state index in [9.17, 15) is 23.6 Å². The third-order valence-electron chi connectivity index (χ3n) is 6.65. The number of nitrogens with zero attached hydrogens (tertiary/aromatic N) is 2. The first-order chi connectivity index (χ1) is 18.8. The minimum atomic E-state index is -0.888. The monoisotopic (exact) mass is 529 g/mol. The third kappa shape index (κ3) is 6.57. The molecular weight excluding hydrogens is 497 g/mol. The highest BCUT2D eigenvalue weighted by Crippen LogP contribution is 2.23. The van der Waals surface area contributed by atoms with Gasteiger partial charge in [0.15, 0.2) is 0 Å². The standard InChI is InChI=1S/C31H32FN3O4/c1-21(2)33-29(37)27(19-22-11-4-3-5-12-22)35(20-23-13-6-9-16-26(23)32)28(36)17-10-18-34-30(38)24-14-7-8-15-25(24)31(34)39/h3-9,11-16,21,27H,10,17-20H2,1-2H3,(H,33,37). The highest BCUT2D eigenvalue weighted by molar-refractivity contribution is 6.21. The fraction of sp³-hybridized carbons (Fsp3) is 0.290. The summed E-state index contributed by atoms with van der Waals surface area (Å²) in [5.74, 6) is -1.94. The Morgan fingerprint density at radius 2 is 1.46 bits per heavy atom. The van der Waals surface area contributed by atoms with Gasteiger partial charge in [0, 0.05) is 37.5 Å². The second-order valence-corrected chi connectivity index (χ2v) is 9.89. The smallest absolute Gasteiger partial charge is 0.261 e. The zero-order valence-corrected chi connectivity index (χ0v) is 22.1. The molecule has 0 radical (unpaired) electrons. The van der Waals surface area contributed by atoms with Crippen LogP contribution in [-0.4, -0.2) is 52.1 Å². The number of carbonyl (C=O) groups is 4. The molecule has 0 saturated heterocycles. The van der Waals surface area contributed by atoms with Crippen molar-refractivity contribution < 1.29 is 23.6 Å². The topological polar surface area (TPSA) is 86.8 Å². The number of hydrogen-bond donors (Lipinski definition) is 1. The molecule has 0 fully saturated rings. The van der Waals surface area contributed by atoms with Crippen molar-refractivity contribution in [3.05, 3.63) is 107 Å². The number of carbonyl (C=O) groups excluding carboxylic acids is 4. The molecule has 1 atom stereocenters. The fourth-order valence-corrected chi connectivity index (χ4v) is 4.72. The Bertz CT molecular complexity index is 1320. The van der Waals surface area contributed by atoms with Gasteiger partial charge in [-0.1, -0.05) is 60.7 Å². The van der Waals surface area contributed by atoms with Crippen molar-refractivity contribution in [1.29, 1.82) is 0 Å². The van der Waals surface area contributed by atoms with Crippen LogP contribution >= 0.6 is 0 Å². The Morgan fingerprint density at radius 3 is 2.08 bits per heavy atom. The molecule has 0 saturated carbocycles. The number of rotatable bonds is 11. The van der Waals surface area contributed by atoms with Gasteiger partial charge in [0.25, 0.3) is 11.8 Å². The molecule has 0 aromatic heterocycles. The second-order valence-electron chi connectivity index (χ2n) is 9.89. The molecular formula is C31H32FN3O4. The Balaban J connectivity index is 1.55. The fourth-order valence-electron chi connectivity index (χ4n) is 4.72. The molecule has 202 valence electrons. The number of halogens is 1. The summed E-state index contributed by atoms with van der Waals surface area (Å²) >= 11 is 0. The maximum absolute atomic E-state index is 14.7. The van der Waals surface area contributed by atoms with E-state index in [4.69, 9.17) is 0 Å². The van der Waals surface area contributed by atoms with Gasteiger partial charge < -0.3 is 10.2 Å². The SMILES string of the molecule is CC(C)NC(=O)C(Cc1ccccc1)N(Cc1ccccc1F)C(=O)CCCN1C(=O)c2ccccc2C1=O. The van der Waals surface area contributed by atoms with E-state index in [1.54, 1.807) is 42.5 Å². The average molecular weight is 530 g/mol. The minimum absolute atomic E-state index is 0.0257. The lowest BCUT2D eigenvalue weighted by Gasteiger charge is -2.32.